The van der Waals surface area contributed by atoms with Crippen LogP contribution in [0.2, 0.25) is 0 Å². The molecule has 0 saturated carbocycles. The number of nitrogens with zero attached hydrogens (tertiary/aromatic N) is 2. The first-order valence-electron chi connectivity index (χ1n) is 10.1. The minimum atomic E-state index is -0.643. The predicted octanol–water partition coefficient (Wildman–Crippen LogP) is 1.70. The maximum absolute atomic E-state index is 12.2. The number of amides is 1. The Balaban J connectivity index is 1.88. The van der Waals surface area contributed by atoms with E-state index in [-0.39, 0.29) is 23.2 Å². The molecule has 1 atom stereocenters. The molecule has 1 aliphatic rings. The van der Waals surface area contributed by atoms with Crippen molar-refractivity contribution < 1.29 is 19.4 Å². The van der Waals surface area contributed by atoms with E-state index in [1.165, 1.54) is 0 Å². The molecule has 4 rings (SSSR count). The molecule has 2 aromatic heterocycles. The van der Waals surface area contributed by atoms with Gasteiger partial charge in [-0.25, -0.2) is 0 Å². The fraction of sp³-hybridized carbons (Fsp3) is 0.364. The molecular weight excluding hydrogens is 398 g/mol. The van der Waals surface area contributed by atoms with Crippen molar-refractivity contribution in [2.75, 3.05) is 32.1 Å². The number of pyridine rings is 1. The van der Waals surface area contributed by atoms with Gasteiger partial charge in [0.1, 0.15) is 18.2 Å². The number of carbonyl (C=O) groups excluding carboxylic acids is 1. The lowest BCUT2D eigenvalue weighted by Gasteiger charge is -2.24. The van der Waals surface area contributed by atoms with Crippen molar-refractivity contribution in [1.82, 2.24) is 14.9 Å². The summed E-state index contributed by atoms with van der Waals surface area (Å²) in [5.74, 6) is 0.0837. The van der Waals surface area contributed by atoms with E-state index in [0.717, 1.165) is 17.7 Å². The van der Waals surface area contributed by atoms with Gasteiger partial charge in [-0.2, -0.15) is 4.98 Å². The smallest absolute Gasteiger partial charge is 0.253 e. The summed E-state index contributed by atoms with van der Waals surface area (Å²) < 4.78 is 13.1. The zero-order chi connectivity index (χ0) is 22.3. The Labute approximate surface area is 180 Å². The molecule has 1 saturated heterocycles. The number of fused-ring (bicyclic) bond motifs is 1. The van der Waals surface area contributed by atoms with Crippen molar-refractivity contribution in [3.63, 3.8) is 0 Å². The zero-order valence-corrected chi connectivity index (χ0v) is 17.9. The van der Waals surface area contributed by atoms with Crippen molar-refractivity contribution in [2.24, 2.45) is 5.73 Å². The number of morpholine rings is 1. The van der Waals surface area contributed by atoms with Crippen LogP contribution in [-0.2, 0) is 4.74 Å². The topological polar surface area (TPSA) is 138 Å². The summed E-state index contributed by atoms with van der Waals surface area (Å²) in [6.45, 7) is 7.96. The molecule has 0 unspecified atom stereocenters. The van der Waals surface area contributed by atoms with Gasteiger partial charge in [0.15, 0.2) is 5.65 Å². The van der Waals surface area contributed by atoms with E-state index in [4.69, 9.17) is 25.9 Å². The van der Waals surface area contributed by atoms with Crippen molar-refractivity contribution in [1.29, 1.82) is 0 Å². The highest BCUT2D eigenvalue weighted by atomic mass is 16.5. The van der Waals surface area contributed by atoms with Crippen LogP contribution in [0.15, 0.2) is 18.2 Å². The monoisotopic (exact) mass is 425 g/mol. The van der Waals surface area contributed by atoms with E-state index >= 15 is 0 Å². The van der Waals surface area contributed by atoms with Crippen molar-refractivity contribution in [3.05, 3.63) is 40.5 Å². The lowest BCUT2D eigenvalue weighted by molar-refractivity contribution is 0.0584. The number of nitrogens with one attached hydrogen (secondary N) is 1. The summed E-state index contributed by atoms with van der Waals surface area (Å²) in [7, 11) is 0. The van der Waals surface area contributed by atoms with Crippen LogP contribution in [0.4, 0.5) is 5.82 Å². The number of nitrogen functional groups attached to an aromatic ring is 1. The molecule has 1 aliphatic heterocycles. The number of primary amides is 1. The van der Waals surface area contributed by atoms with Crippen LogP contribution < -0.4 is 21.5 Å². The molecule has 0 aliphatic carbocycles. The lowest BCUT2D eigenvalue weighted by Crippen LogP contribution is -2.44. The van der Waals surface area contributed by atoms with Gasteiger partial charge in [-0.05, 0) is 38.5 Å². The molecule has 9 nitrogen and oxygen atoms in total. The fourth-order valence-electron chi connectivity index (χ4n) is 4.01. The molecule has 3 heterocycles. The van der Waals surface area contributed by atoms with E-state index in [1.54, 1.807) is 23.6 Å². The first-order valence-corrected chi connectivity index (χ1v) is 10.1. The van der Waals surface area contributed by atoms with Gasteiger partial charge in [0.05, 0.1) is 30.5 Å². The van der Waals surface area contributed by atoms with Crippen LogP contribution in [-0.4, -0.2) is 53.0 Å². The number of aryl methyl sites for hydroxylation is 2. The molecule has 1 amide bonds. The fourth-order valence-corrected chi connectivity index (χ4v) is 4.01. The number of phenolic OH excluding ortho intramolecular Hbond substituents is 1. The molecule has 1 fully saturated rings. The Hall–Kier alpha value is -3.30. The van der Waals surface area contributed by atoms with Crippen molar-refractivity contribution in [2.45, 2.75) is 26.8 Å². The number of aromatic nitrogens is 2. The van der Waals surface area contributed by atoms with Gasteiger partial charge in [-0.3, -0.25) is 9.36 Å². The number of aromatic hydroxyl groups is 1. The summed E-state index contributed by atoms with van der Waals surface area (Å²) in [6.07, 6.45) is 0. The quantitative estimate of drug-likeness (QED) is 0.488. The number of ether oxygens (including phenoxy) is 2. The maximum Gasteiger partial charge on any atom is 0.253 e. The van der Waals surface area contributed by atoms with Crippen LogP contribution in [0.3, 0.4) is 0 Å². The molecule has 9 heteroatoms. The van der Waals surface area contributed by atoms with Crippen LogP contribution >= 0.6 is 0 Å². The second-order valence-electron chi connectivity index (χ2n) is 7.85. The van der Waals surface area contributed by atoms with Crippen LogP contribution in [0, 0.1) is 20.8 Å². The minimum Gasteiger partial charge on any atom is -0.508 e. The summed E-state index contributed by atoms with van der Waals surface area (Å²) in [5.41, 5.74) is 15.6. The molecule has 31 heavy (non-hydrogen) atoms. The van der Waals surface area contributed by atoms with E-state index in [2.05, 4.69) is 5.32 Å². The Bertz CT molecular complexity index is 1160. The number of rotatable bonds is 5. The number of benzene rings is 1. The first kappa shape index (κ1) is 21.0. The molecular formula is C22H27N5O4. The van der Waals surface area contributed by atoms with Crippen LogP contribution in [0.1, 0.15) is 27.0 Å². The Kier molecular flexibility index (Phi) is 5.47. The summed E-state index contributed by atoms with van der Waals surface area (Å²) in [5, 5.41) is 14.2. The van der Waals surface area contributed by atoms with Crippen molar-refractivity contribution in [3.8, 4) is 17.3 Å². The number of nitrogens with two attached hydrogens (primary N) is 2. The summed E-state index contributed by atoms with van der Waals surface area (Å²) in [6, 6.07) is 5.28. The van der Waals surface area contributed by atoms with Gasteiger partial charge in [-0.15, -0.1) is 0 Å². The van der Waals surface area contributed by atoms with E-state index in [9.17, 15) is 9.90 Å². The second-order valence-corrected chi connectivity index (χ2v) is 7.85. The number of phenols is 1. The standard InChI is InChI=1S/C22H27N5O4/c1-11-4-5-16(28)13(3)18(11)27-19(23)17(20(24)29)15-8-12(2)22(26-21(15)27)31-10-14-9-30-7-6-25-14/h4-5,8,14,25,28H,6-7,9-10,23H2,1-3H3,(H2,24,29)/t14-/m0/s1. The maximum atomic E-state index is 12.2. The van der Waals surface area contributed by atoms with E-state index in [1.807, 2.05) is 19.9 Å². The number of carbonyl (C=O) groups is 1. The molecule has 164 valence electrons. The number of hydrogen-bond acceptors (Lipinski definition) is 7. The Morgan fingerprint density at radius 2 is 2.13 bits per heavy atom. The molecule has 0 radical (unpaired) electrons. The Morgan fingerprint density at radius 3 is 2.81 bits per heavy atom. The third kappa shape index (κ3) is 3.66. The van der Waals surface area contributed by atoms with Crippen molar-refractivity contribution >= 4 is 22.8 Å². The first-order chi connectivity index (χ1) is 14.8. The number of anilines is 1. The van der Waals surface area contributed by atoms with E-state index < -0.39 is 5.91 Å². The minimum absolute atomic E-state index is 0.0687. The van der Waals surface area contributed by atoms with Gasteiger partial charge >= 0.3 is 0 Å². The lowest BCUT2D eigenvalue weighted by atomic mass is 10.1. The highest BCUT2D eigenvalue weighted by Crippen LogP contribution is 2.37. The van der Waals surface area contributed by atoms with Gasteiger partial charge < -0.3 is 31.4 Å². The van der Waals surface area contributed by atoms with Crippen LogP contribution in [0.5, 0.6) is 11.6 Å². The molecule has 0 spiro atoms. The zero-order valence-electron chi connectivity index (χ0n) is 17.9. The van der Waals surface area contributed by atoms with Gasteiger partial charge in [0.25, 0.3) is 5.91 Å². The third-order valence-corrected chi connectivity index (χ3v) is 5.62. The number of hydrogen-bond donors (Lipinski definition) is 4. The normalized spacial score (nSPS) is 16.5. The van der Waals surface area contributed by atoms with E-state index in [0.29, 0.717) is 48.0 Å². The predicted molar refractivity (Wildman–Crippen MR) is 118 cm³/mol. The second kappa shape index (κ2) is 8.09. The highest BCUT2D eigenvalue weighted by molar-refractivity contribution is 6.11. The van der Waals surface area contributed by atoms with Gasteiger partial charge in [0, 0.05) is 23.1 Å². The highest BCUT2D eigenvalue weighted by Gasteiger charge is 2.25. The largest absolute Gasteiger partial charge is 0.508 e. The molecule has 0 bridgehead atoms. The molecule has 6 N–H and O–H groups in total. The van der Waals surface area contributed by atoms with Gasteiger partial charge in [-0.1, -0.05) is 6.07 Å². The molecule has 3 aromatic rings. The SMILES string of the molecule is Cc1cc2c(C(N)=O)c(N)n(-c3c(C)ccc(O)c3C)c2nc1OC[C@@H]1COCCN1. The van der Waals surface area contributed by atoms with Gasteiger partial charge in [0.2, 0.25) is 5.88 Å². The average molecular weight is 425 g/mol. The Morgan fingerprint density at radius 1 is 1.35 bits per heavy atom. The summed E-state index contributed by atoms with van der Waals surface area (Å²) >= 11 is 0. The van der Waals surface area contributed by atoms with Crippen LogP contribution in [0.25, 0.3) is 16.7 Å². The average Bonchev–Trinajstić information content (AvgIpc) is 3.01. The molecule has 1 aromatic carbocycles. The third-order valence-electron chi connectivity index (χ3n) is 5.62. The summed E-state index contributed by atoms with van der Waals surface area (Å²) in [4.78, 5) is 17.0.